The first-order valence-corrected chi connectivity index (χ1v) is 6.71. The molecule has 3 rings (SSSR count). The molecule has 3 aromatic rings. The smallest absolute Gasteiger partial charge is 0.244 e. The predicted molar refractivity (Wildman–Crippen MR) is 79.0 cm³/mol. The molecule has 0 aliphatic rings. The predicted octanol–water partition coefficient (Wildman–Crippen LogP) is 1.97. The standard InChI is InChI=1S/C15H12FN5O2/c16-12-4-2-1-3-10(12)8-21-6-5-11(9-21)13(22)7-14(23)15-17-19-20-18-15/h1-7,9,22H,8H2,(H,17,18,19,20). The van der Waals surface area contributed by atoms with Gasteiger partial charge in [-0.3, -0.25) is 4.79 Å². The van der Waals surface area contributed by atoms with Crippen molar-refractivity contribution >= 4 is 11.5 Å². The number of aliphatic hydroxyl groups is 1. The van der Waals surface area contributed by atoms with Crippen molar-refractivity contribution in [3.63, 3.8) is 0 Å². The van der Waals surface area contributed by atoms with E-state index in [2.05, 4.69) is 20.6 Å². The maximum Gasteiger partial charge on any atom is 0.244 e. The summed E-state index contributed by atoms with van der Waals surface area (Å²) in [5.41, 5.74) is 0.958. The van der Waals surface area contributed by atoms with Crippen LogP contribution < -0.4 is 0 Å². The zero-order valence-electron chi connectivity index (χ0n) is 11.8. The highest BCUT2D eigenvalue weighted by Gasteiger charge is 2.11. The second-order valence-electron chi connectivity index (χ2n) is 4.79. The van der Waals surface area contributed by atoms with Crippen LogP contribution in [0.15, 0.2) is 48.8 Å². The number of tetrazole rings is 1. The van der Waals surface area contributed by atoms with Crippen LogP contribution in [0.1, 0.15) is 21.7 Å². The minimum absolute atomic E-state index is 0.137. The van der Waals surface area contributed by atoms with Gasteiger partial charge in [0.2, 0.25) is 11.6 Å². The number of hydrogen-bond acceptors (Lipinski definition) is 5. The first-order valence-electron chi connectivity index (χ1n) is 6.71. The van der Waals surface area contributed by atoms with Crippen molar-refractivity contribution in [2.45, 2.75) is 6.54 Å². The van der Waals surface area contributed by atoms with Crippen LogP contribution in [-0.2, 0) is 6.54 Å². The van der Waals surface area contributed by atoms with Crippen molar-refractivity contribution in [1.29, 1.82) is 0 Å². The molecule has 2 heterocycles. The Kier molecular flexibility index (Phi) is 3.96. The second kappa shape index (κ2) is 6.22. The number of H-pyrrole nitrogens is 1. The molecule has 0 saturated carbocycles. The summed E-state index contributed by atoms with van der Waals surface area (Å²) < 4.78 is 15.3. The molecule has 0 aliphatic heterocycles. The summed E-state index contributed by atoms with van der Waals surface area (Å²) in [6.07, 6.45) is 4.31. The lowest BCUT2D eigenvalue weighted by Gasteiger charge is -2.04. The number of allylic oxidation sites excluding steroid dienone is 1. The van der Waals surface area contributed by atoms with Crippen LogP contribution in [-0.4, -0.2) is 36.1 Å². The fraction of sp³-hybridized carbons (Fsp3) is 0.0667. The molecule has 1 aromatic carbocycles. The van der Waals surface area contributed by atoms with E-state index >= 15 is 0 Å². The Hall–Kier alpha value is -3.29. The van der Waals surface area contributed by atoms with E-state index in [9.17, 15) is 14.3 Å². The summed E-state index contributed by atoms with van der Waals surface area (Å²) in [5, 5.41) is 22.5. The molecule has 7 nitrogen and oxygen atoms in total. The summed E-state index contributed by atoms with van der Waals surface area (Å²) >= 11 is 0. The Balaban J connectivity index is 1.76. The van der Waals surface area contributed by atoms with Crippen LogP contribution in [0.4, 0.5) is 4.39 Å². The summed E-state index contributed by atoms with van der Waals surface area (Å²) in [6, 6.07) is 8.07. The van der Waals surface area contributed by atoms with E-state index in [0.717, 1.165) is 6.08 Å². The molecule has 0 saturated heterocycles. The Morgan fingerprint density at radius 2 is 2.17 bits per heavy atom. The average Bonchev–Trinajstić information content (AvgIpc) is 3.21. The molecule has 0 amide bonds. The monoisotopic (exact) mass is 313 g/mol. The number of hydrogen-bond donors (Lipinski definition) is 2. The topological polar surface area (TPSA) is 96.7 Å². The molecule has 0 spiro atoms. The molecule has 0 fully saturated rings. The number of carbonyl (C=O) groups excluding carboxylic acids is 1. The van der Waals surface area contributed by atoms with E-state index < -0.39 is 5.78 Å². The molecule has 2 N–H and O–H groups in total. The lowest BCUT2D eigenvalue weighted by molar-refractivity contribution is 0.103. The molecule has 23 heavy (non-hydrogen) atoms. The Morgan fingerprint density at radius 1 is 1.35 bits per heavy atom. The Bertz CT molecular complexity index is 854. The molecule has 0 atom stereocenters. The quantitative estimate of drug-likeness (QED) is 0.426. The van der Waals surface area contributed by atoms with Gasteiger partial charge in [0.1, 0.15) is 11.6 Å². The fourth-order valence-corrected chi connectivity index (χ4v) is 2.05. The van der Waals surface area contributed by atoms with Gasteiger partial charge in [-0.05, 0) is 17.3 Å². The highest BCUT2D eigenvalue weighted by molar-refractivity contribution is 6.05. The minimum Gasteiger partial charge on any atom is -0.507 e. The summed E-state index contributed by atoms with van der Waals surface area (Å²) in [5.74, 6) is -1.23. The molecule has 2 aromatic heterocycles. The largest absolute Gasteiger partial charge is 0.507 e. The maximum atomic E-state index is 13.6. The lowest BCUT2D eigenvalue weighted by atomic mass is 10.2. The normalized spacial score (nSPS) is 11.6. The van der Waals surface area contributed by atoms with E-state index in [4.69, 9.17) is 0 Å². The van der Waals surface area contributed by atoms with Gasteiger partial charge in [-0.1, -0.05) is 18.2 Å². The van der Waals surface area contributed by atoms with E-state index in [1.165, 1.54) is 6.07 Å². The van der Waals surface area contributed by atoms with Gasteiger partial charge < -0.3 is 9.67 Å². The van der Waals surface area contributed by atoms with Gasteiger partial charge in [-0.25, -0.2) is 4.39 Å². The number of benzene rings is 1. The maximum absolute atomic E-state index is 13.6. The van der Waals surface area contributed by atoms with Gasteiger partial charge in [0.25, 0.3) is 0 Å². The minimum atomic E-state index is -0.571. The lowest BCUT2D eigenvalue weighted by Crippen LogP contribution is -2.00. The Morgan fingerprint density at radius 3 is 2.91 bits per heavy atom. The fourth-order valence-electron chi connectivity index (χ4n) is 2.05. The molecule has 0 unspecified atom stereocenters. The molecular formula is C15H12FN5O2. The Labute approximate surface area is 130 Å². The molecule has 8 heteroatoms. The van der Waals surface area contributed by atoms with Gasteiger partial charge in [0.05, 0.1) is 0 Å². The first-order chi connectivity index (χ1) is 11.1. The molecular weight excluding hydrogens is 301 g/mol. The van der Waals surface area contributed by atoms with Gasteiger partial charge in [0, 0.05) is 36.1 Å². The highest BCUT2D eigenvalue weighted by Crippen LogP contribution is 2.15. The molecule has 0 radical (unpaired) electrons. The van der Waals surface area contributed by atoms with Gasteiger partial charge >= 0.3 is 0 Å². The van der Waals surface area contributed by atoms with E-state index in [-0.39, 0.29) is 17.4 Å². The van der Waals surface area contributed by atoms with E-state index in [1.54, 1.807) is 41.2 Å². The average molecular weight is 313 g/mol. The third-order valence-electron chi connectivity index (χ3n) is 3.19. The third-order valence-corrected chi connectivity index (χ3v) is 3.19. The van der Waals surface area contributed by atoms with Crippen molar-refractivity contribution in [3.05, 3.63) is 71.6 Å². The number of aromatic nitrogens is 5. The zero-order valence-corrected chi connectivity index (χ0v) is 11.8. The SMILES string of the molecule is O=C(C=C(O)c1ccn(Cc2ccccc2F)c1)c1nn[nH]n1. The number of rotatable bonds is 5. The molecule has 116 valence electrons. The van der Waals surface area contributed by atoms with Crippen molar-refractivity contribution in [2.24, 2.45) is 0 Å². The van der Waals surface area contributed by atoms with Gasteiger partial charge in [0.15, 0.2) is 0 Å². The van der Waals surface area contributed by atoms with Crippen molar-refractivity contribution in [1.82, 2.24) is 25.2 Å². The van der Waals surface area contributed by atoms with Crippen LogP contribution >= 0.6 is 0 Å². The number of carbonyl (C=O) groups is 1. The highest BCUT2D eigenvalue weighted by atomic mass is 19.1. The van der Waals surface area contributed by atoms with Gasteiger partial charge in [-0.2, -0.15) is 5.21 Å². The summed E-state index contributed by atoms with van der Waals surface area (Å²) in [7, 11) is 0. The molecule has 0 aliphatic carbocycles. The van der Waals surface area contributed by atoms with E-state index in [0.29, 0.717) is 17.7 Å². The van der Waals surface area contributed by atoms with Crippen LogP contribution in [0.5, 0.6) is 0 Å². The van der Waals surface area contributed by atoms with Crippen LogP contribution in [0.3, 0.4) is 0 Å². The zero-order chi connectivity index (χ0) is 16.2. The summed E-state index contributed by atoms with van der Waals surface area (Å²) in [4.78, 5) is 11.8. The number of nitrogens with one attached hydrogen (secondary N) is 1. The number of aliphatic hydroxyl groups excluding tert-OH is 1. The van der Waals surface area contributed by atoms with Crippen LogP contribution in [0.25, 0.3) is 5.76 Å². The van der Waals surface area contributed by atoms with Crippen molar-refractivity contribution in [3.8, 4) is 0 Å². The van der Waals surface area contributed by atoms with E-state index in [1.807, 2.05) is 0 Å². The van der Waals surface area contributed by atoms with Gasteiger partial charge in [-0.15, -0.1) is 10.2 Å². The second-order valence-corrected chi connectivity index (χ2v) is 4.79. The number of ketones is 1. The van der Waals surface area contributed by atoms with Crippen LogP contribution in [0.2, 0.25) is 0 Å². The molecule has 0 bridgehead atoms. The number of nitrogens with zero attached hydrogens (tertiary/aromatic N) is 4. The number of aromatic amines is 1. The first kappa shape index (κ1) is 14.6. The third kappa shape index (κ3) is 3.31. The van der Waals surface area contributed by atoms with Crippen molar-refractivity contribution in [2.75, 3.05) is 0 Å². The van der Waals surface area contributed by atoms with Crippen LogP contribution in [0, 0.1) is 5.82 Å². The summed E-state index contributed by atoms with van der Waals surface area (Å²) in [6.45, 7) is 0.318. The van der Waals surface area contributed by atoms with Crippen molar-refractivity contribution < 1.29 is 14.3 Å². The number of halogens is 1.